The molecule has 1 saturated heterocycles. The van der Waals surface area contributed by atoms with Crippen LogP contribution in [0.3, 0.4) is 0 Å². The molecule has 1 N–H and O–H groups in total. The Morgan fingerprint density at radius 3 is 2.52 bits per heavy atom. The third kappa shape index (κ3) is 4.31. The second kappa shape index (κ2) is 7.61. The summed E-state index contributed by atoms with van der Waals surface area (Å²) in [6.45, 7) is 10.0. The third-order valence-corrected chi connectivity index (χ3v) is 4.62. The first-order chi connectivity index (χ1) is 10.1. The third-order valence-electron chi connectivity index (χ3n) is 4.62. The largest absolute Gasteiger partial charge is 0.313 e. The molecule has 2 rings (SSSR count). The van der Waals surface area contributed by atoms with E-state index in [9.17, 15) is 0 Å². The van der Waals surface area contributed by atoms with Crippen LogP contribution in [0.2, 0.25) is 0 Å². The van der Waals surface area contributed by atoms with Crippen LogP contribution in [0.4, 0.5) is 0 Å². The lowest BCUT2D eigenvalue weighted by Crippen LogP contribution is -2.29. The fraction of sp³-hybridized carbons (Fsp3) is 0.500. The molecule has 1 unspecified atom stereocenters. The highest BCUT2D eigenvalue weighted by atomic mass is 14.9. The van der Waals surface area contributed by atoms with Crippen LogP contribution < -0.4 is 5.32 Å². The molecule has 1 heterocycles. The molecule has 0 aliphatic carbocycles. The molecule has 1 heteroatoms. The number of hydrogen-bond acceptors (Lipinski definition) is 1. The van der Waals surface area contributed by atoms with Gasteiger partial charge in [-0.3, -0.25) is 0 Å². The summed E-state index contributed by atoms with van der Waals surface area (Å²) in [5.41, 5.74) is 5.68. The lowest BCUT2D eigenvalue weighted by atomic mass is 9.84. The molecule has 1 nitrogen and oxygen atoms in total. The Bertz CT molecular complexity index is 501. The Morgan fingerprint density at radius 1 is 1.24 bits per heavy atom. The van der Waals surface area contributed by atoms with Gasteiger partial charge in [-0.1, -0.05) is 60.1 Å². The average Bonchev–Trinajstić information content (AvgIpc) is 3.01. The molecule has 0 amide bonds. The molecule has 1 aliphatic heterocycles. The zero-order valence-electron chi connectivity index (χ0n) is 13.9. The Morgan fingerprint density at radius 2 is 1.95 bits per heavy atom. The summed E-state index contributed by atoms with van der Waals surface area (Å²) in [6.07, 6.45) is 8.31. The molecule has 0 saturated carbocycles. The molecule has 1 aromatic carbocycles. The van der Waals surface area contributed by atoms with E-state index in [4.69, 9.17) is 0 Å². The van der Waals surface area contributed by atoms with Crippen molar-refractivity contribution >= 4 is 0 Å². The van der Waals surface area contributed by atoms with Crippen LogP contribution in [-0.2, 0) is 0 Å². The Kier molecular flexibility index (Phi) is 5.81. The first kappa shape index (κ1) is 16.0. The zero-order chi connectivity index (χ0) is 15.2. The van der Waals surface area contributed by atoms with Gasteiger partial charge in [0.05, 0.1) is 0 Å². The maximum Gasteiger partial charge on any atom is 0.0202 e. The fourth-order valence-electron chi connectivity index (χ4n) is 3.08. The average molecular weight is 283 g/mol. The quantitative estimate of drug-likeness (QED) is 0.738. The summed E-state index contributed by atoms with van der Waals surface area (Å²) in [5.74, 6) is 0.494. The predicted octanol–water partition coefficient (Wildman–Crippen LogP) is 5.13. The van der Waals surface area contributed by atoms with Crippen molar-refractivity contribution in [1.82, 2.24) is 5.32 Å². The number of nitrogens with one attached hydrogen (secondary N) is 1. The summed E-state index contributed by atoms with van der Waals surface area (Å²) in [7, 11) is 0. The van der Waals surface area contributed by atoms with Crippen LogP contribution in [-0.4, -0.2) is 12.6 Å². The van der Waals surface area contributed by atoms with E-state index >= 15 is 0 Å². The van der Waals surface area contributed by atoms with Gasteiger partial charge in [0.15, 0.2) is 0 Å². The minimum Gasteiger partial charge on any atom is -0.313 e. The molecule has 114 valence electrons. The number of aryl methyl sites for hydroxylation is 1. The fourth-order valence-corrected chi connectivity index (χ4v) is 3.08. The van der Waals surface area contributed by atoms with Gasteiger partial charge >= 0.3 is 0 Å². The van der Waals surface area contributed by atoms with Gasteiger partial charge in [-0.2, -0.15) is 0 Å². The highest BCUT2D eigenvalue weighted by molar-refractivity contribution is 5.34. The van der Waals surface area contributed by atoms with E-state index in [1.54, 1.807) is 0 Å². The van der Waals surface area contributed by atoms with E-state index in [1.807, 2.05) is 0 Å². The van der Waals surface area contributed by atoms with Crippen molar-refractivity contribution in [3.63, 3.8) is 0 Å². The Hall–Kier alpha value is -1.34. The van der Waals surface area contributed by atoms with Crippen molar-refractivity contribution in [1.29, 1.82) is 0 Å². The monoisotopic (exact) mass is 283 g/mol. The standard InChI is InChI=1S/C20H29N/c1-5-15(2)8-11-17(4)20(19-7-6-14-21-19)18-12-9-16(3)10-13-18/h8-13,19-21H,5-7,14H2,1-4H3/b15-8-,17-11+/t19?,20-/m0/s1. The van der Waals surface area contributed by atoms with Crippen LogP contribution >= 0.6 is 0 Å². The van der Waals surface area contributed by atoms with Gasteiger partial charge in [0.2, 0.25) is 0 Å². The van der Waals surface area contributed by atoms with Crippen LogP contribution in [0.5, 0.6) is 0 Å². The molecule has 0 aromatic heterocycles. The van der Waals surface area contributed by atoms with Crippen LogP contribution in [0.15, 0.2) is 47.6 Å². The van der Waals surface area contributed by atoms with E-state index in [1.165, 1.54) is 35.1 Å². The van der Waals surface area contributed by atoms with E-state index < -0.39 is 0 Å². The molecule has 0 radical (unpaired) electrons. The van der Waals surface area contributed by atoms with E-state index in [2.05, 4.69) is 69.4 Å². The van der Waals surface area contributed by atoms with Crippen molar-refractivity contribution in [2.24, 2.45) is 0 Å². The van der Waals surface area contributed by atoms with Crippen LogP contribution in [0, 0.1) is 6.92 Å². The molecule has 1 aromatic rings. The number of benzene rings is 1. The van der Waals surface area contributed by atoms with Gasteiger partial charge in [-0.25, -0.2) is 0 Å². The lowest BCUT2D eigenvalue weighted by molar-refractivity contribution is 0.534. The second-order valence-electron chi connectivity index (χ2n) is 6.37. The maximum atomic E-state index is 3.69. The summed E-state index contributed by atoms with van der Waals surface area (Å²) < 4.78 is 0. The molecule has 21 heavy (non-hydrogen) atoms. The van der Waals surface area contributed by atoms with E-state index in [-0.39, 0.29) is 0 Å². The summed E-state index contributed by atoms with van der Waals surface area (Å²) in [6, 6.07) is 9.65. The van der Waals surface area contributed by atoms with Crippen LogP contribution in [0.25, 0.3) is 0 Å². The minimum absolute atomic E-state index is 0.494. The van der Waals surface area contributed by atoms with Crippen molar-refractivity contribution in [2.45, 2.75) is 58.9 Å². The molecule has 0 bridgehead atoms. The van der Waals surface area contributed by atoms with Crippen molar-refractivity contribution in [3.05, 3.63) is 58.7 Å². The number of allylic oxidation sites excluding steroid dienone is 3. The van der Waals surface area contributed by atoms with E-state index in [0.29, 0.717) is 12.0 Å². The van der Waals surface area contributed by atoms with Crippen molar-refractivity contribution in [2.75, 3.05) is 6.54 Å². The van der Waals surface area contributed by atoms with Gasteiger partial charge in [0, 0.05) is 12.0 Å². The number of rotatable bonds is 5. The van der Waals surface area contributed by atoms with Gasteiger partial charge in [-0.05, 0) is 52.1 Å². The van der Waals surface area contributed by atoms with Gasteiger partial charge in [0.25, 0.3) is 0 Å². The van der Waals surface area contributed by atoms with Crippen molar-refractivity contribution < 1.29 is 0 Å². The van der Waals surface area contributed by atoms with Gasteiger partial charge in [-0.15, -0.1) is 0 Å². The molecule has 0 spiro atoms. The molecular weight excluding hydrogens is 254 g/mol. The summed E-state index contributed by atoms with van der Waals surface area (Å²) in [4.78, 5) is 0. The smallest absolute Gasteiger partial charge is 0.0202 e. The molecule has 1 fully saturated rings. The Labute approximate surface area is 130 Å². The highest BCUT2D eigenvalue weighted by Gasteiger charge is 2.26. The maximum absolute atomic E-state index is 3.69. The number of hydrogen-bond donors (Lipinski definition) is 1. The van der Waals surface area contributed by atoms with Gasteiger partial charge in [0.1, 0.15) is 0 Å². The first-order valence-electron chi connectivity index (χ1n) is 8.25. The highest BCUT2D eigenvalue weighted by Crippen LogP contribution is 2.32. The minimum atomic E-state index is 0.494. The summed E-state index contributed by atoms with van der Waals surface area (Å²) >= 11 is 0. The summed E-state index contributed by atoms with van der Waals surface area (Å²) in [5, 5.41) is 3.69. The van der Waals surface area contributed by atoms with Gasteiger partial charge < -0.3 is 5.32 Å². The molecule has 1 aliphatic rings. The molecule has 2 atom stereocenters. The topological polar surface area (TPSA) is 12.0 Å². The van der Waals surface area contributed by atoms with Crippen molar-refractivity contribution in [3.8, 4) is 0 Å². The zero-order valence-corrected chi connectivity index (χ0v) is 13.9. The molecular formula is C20H29N. The normalized spacial score (nSPS) is 21.6. The second-order valence-corrected chi connectivity index (χ2v) is 6.37. The Balaban J connectivity index is 2.29. The SMILES string of the molecule is CC/C(C)=C\C=C(/C)[C@@H](c1ccc(C)cc1)C1CCCN1. The first-order valence-corrected chi connectivity index (χ1v) is 8.25. The van der Waals surface area contributed by atoms with E-state index in [0.717, 1.165) is 13.0 Å². The predicted molar refractivity (Wildman–Crippen MR) is 92.7 cm³/mol. The van der Waals surface area contributed by atoms with Crippen LogP contribution in [0.1, 0.15) is 57.1 Å². The lowest BCUT2D eigenvalue weighted by Gasteiger charge is -2.25.